The molecule has 24 heavy (non-hydrogen) atoms. The summed E-state index contributed by atoms with van der Waals surface area (Å²) in [6.45, 7) is 8.42. The van der Waals surface area contributed by atoms with Crippen molar-refractivity contribution in [3.63, 3.8) is 0 Å². The Labute approximate surface area is 144 Å². The minimum atomic E-state index is 0.0606. The summed E-state index contributed by atoms with van der Waals surface area (Å²) in [6, 6.07) is 8.23. The van der Waals surface area contributed by atoms with E-state index in [0.29, 0.717) is 29.8 Å². The number of ether oxygens (including phenoxy) is 1. The smallest absolute Gasteiger partial charge is 0.225 e. The highest BCUT2D eigenvalue weighted by molar-refractivity contribution is 5.78. The van der Waals surface area contributed by atoms with E-state index in [4.69, 9.17) is 4.74 Å². The van der Waals surface area contributed by atoms with E-state index >= 15 is 0 Å². The van der Waals surface area contributed by atoms with Crippen LogP contribution in [0.2, 0.25) is 0 Å². The van der Waals surface area contributed by atoms with E-state index in [-0.39, 0.29) is 11.8 Å². The molecule has 1 aliphatic rings. The molecule has 0 saturated carbocycles. The highest BCUT2D eigenvalue weighted by Gasteiger charge is 2.29. The first-order valence-electron chi connectivity index (χ1n) is 8.55. The third kappa shape index (κ3) is 4.27. The Bertz CT molecular complexity index is 622. The van der Waals surface area contributed by atoms with Gasteiger partial charge in [-0.1, -0.05) is 26.8 Å². The lowest BCUT2D eigenvalue weighted by Gasteiger charge is -2.38. The van der Waals surface area contributed by atoms with Crippen molar-refractivity contribution >= 4 is 5.91 Å². The van der Waals surface area contributed by atoms with Gasteiger partial charge in [-0.2, -0.15) is 5.26 Å². The van der Waals surface area contributed by atoms with Crippen molar-refractivity contribution in [1.29, 1.82) is 5.26 Å². The lowest BCUT2D eigenvalue weighted by Crippen LogP contribution is -2.50. The van der Waals surface area contributed by atoms with Gasteiger partial charge in [0.2, 0.25) is 5.91 Å². The Balaban J connectivity index is 1.92. The Morgan fingerprint density at radius 2 is 2.25 bits per heavy atom. The SMILES string of the molecule is COc1ccc(CN[C@H]2CCN(C(=O)C(C)C)C[C@H]2C)cc1C#N. The fourth-order valence-corrected chi connectivity index (χ4v) is 3.22. The van der Waals surface area contributed by atoms with Gasteiger partial charge < -0.3 is 15.0 Å². The van der Waals surface area contributed by atoms with Crippen LogP contribution in [0.15, 0.2) is 18.2 Å². The Morgan fingerprint density at radius 1 is 1.50 bits per heavy atom. The van der Waals surface area contributed by atoms with Crippen LogP contribution in [-0.4, -0.2) is 37.0 Å². The highest BCUT2D eigenvalue weighted by Crippen LogP contribution is 2.21. The van der Waals surface area contributed by atoms with Gasteiger partial charge in [0.25, 0.3) is 0 Å². The molecule has 0 unspecified atom stereocenters. The topological polar surface area (TPSA) is 65.4 Å². The van der Waals surface area contributed by atoms with E-state index in [1.165, 1.54) is 0 Å². The first-order chi connectivity index (χ1) is 11.5. The summed E-state index contributed by atoms with van der Waals surface area (Å²) in [5.74, 6) is 1.32. The zero-order valence-corrected chi connectivity index (χ0v) is 15.0. The fraction of sp³-hybridized carbons (Fsp3) is 0.579. The summed E-state index contributed by atoms with van der Waals surface area (Å²) in [5, 5.41) is 12.7. The number of nitrogens with one attached hydrogen (secondary N) is 1. The number of methoxy groups -OCH3 is 1. The summed E-state index contributed by atoms with van der Waals surface area (Å²) in [4.78, 5) is 14.1. The van der Waals surface area contributed by atoms with Crippen LogP contribution in [0.5, 0.6) is 5.75 Å². The van der Waals surface area contributed by atoms with Crippen molar-refractivity contribution in [2.24, 2.45) is 11.8 Å². The van der Waals surface area contributed by atoms with Gasteiger partial charge >= 0.3 is 0 Å². The number of carbonyl (C=O) groups is 1. The second kappa shape index (κ2) is 8.16. The van der Waals surface area contributed by atoms with Gasteiger partial charge in [-0.05, 0) is 30.0 Å². The molecule has 0 bridgehead atoms. The second-order valence-electron chi connectivity index (χ2n) is 6.84. The fourth-order valence-electron chi connectivity index (χ4n) is 3.22. The van der Waals surface area contributed by atoms with E-state index in [9.17, 15) is 10.1 Å². The van der Waals surface area contributed by atoms with Crippen LogP contribution in [0.4, 0.5) is 0 Å². The van der Waals surface area contributed by atoms with Crippen molar-refractivity contribution in [2.45, 2.75) is 39.8 Å². The molecule has 1 N–H and O–H groups in total. The molecule has 1 amide bonds. The lowest BCUT2D eigenvalue weighted by molar-refractivity contribution is -0.136. The van der Waals surface area contributed by atoms with Crippen molar-refractivity contribution in [3.05, 3.63) is 29.3 Å². The van der Waals surface area contributed by atoms with Crippen LogP contribution < -0.4 is 10.1 Å². The summed E-state index contributed by atoms with van der Waals surface area (Å²) >= 11 is 0. The predicted octanol–water partition coefficient (Wildman–Crippen LogP) is 2.55. The van der Waals surface area contributed by atoms with Crippen LogP contribution >= 0.6 is 0 Å². The van der Waals surface area contributed by atoms with Crippen molar-refractivity contribution < 1.29 is 9.53 Å². The second-order valence-corrected chi connectivity index (χ2v) is 6.84. The van der Waals surface area contributed by atoms with Crippen LogP contribution in [0, 0.1) is 23.2 Å². The molecule has 2 atom stereocenters. The number of piperidine rings is 1. The monoisotopic (exact) mass is 329 g/mol. The number of nitrogens with zero attached hydrogens (tertiary/aromatic N) is 2. The summed E-state index contributed by atoms with van der Waals surface area (Å²) in [5.41, 5.74) is 1.63. The summed E-state index contributed by atoms with van der Waals surface area (Å²) < 4.78 is 5.18. The highest BCUT2D eigenvalue weighted by atomic mass is 16.5. The first kappa shape index (κ1) is 18.3. The van der Waals surface area contributed by atoms with Crippen molar-refractivity contribution in [2.75, 3.05) is 20.2 Å². The largest absolute Gasteiger partial charge is 0.495 e. The molecule has 1 heterocycles. The maximum Gasteiger partial charge on any atom is 0.225 e. The van der Waals surface area contributed by atoms with Crippen molar-refractivity contribution in [3.8, 4) is 11.8 Å². The minimum Gasteiger partial charge on any atom is -0.495 e. The molecule has 0 spiro atoms. The summed E-state index contributed by atoms with van der Waals surface area (Å²) in [7, 11) is 1.57. The zero-order valence-electron chi connectivity index (χ0n) is 15.0. The quantitative estimate of drug-likeness (QED) is 0.901. The standard InChI is InChI=1S/C19H27N3O2/c1-13(2)19(23)22-8-7-17(14(3)12-22)21-11-15-5-6-18(24-4)16(9-15)10-20/h5-6,9,13-14,17,21H,7-8,11-12H2,1-4H3/t14-,17+/m1/s1. The molecule has 1 aliphatic heterocycles. The number of likely N-dealkylation sites (tertiary alicyclic amines) is 1. The van der Waals surface area contributed by atoms with Gasteiger partial charge in [-0.25, -0.2) is 0 Å². The molecule has 1 aromatic carbocycles. The van der Waals surface area contributed by atoms with E-state index in [1.54, 1.807) is 7.11 Å². The number of amides is 1. The van der Waals surface area contributed by atoms with Gasteiger partial charge in [0.05, 0.1) is 12.7 Å². The molecular weight excluding hydrogens is 302 g/mol. The Kier molecular flexibility index (Phi) is 6.22. The number of nitriles is 1. The first-order valence-corrected chi connectivity index (χ1v) is 8.55. The zero-order chi connectivity index (χ0) is 17.7. The number of hydrogen-bond donors (Lipinski definition) is 1. The van der Waals surface area contributed by atoms with E-state index in [1.807, 2.05) is 36.9 Å². The number of carbonyl (C=O) groups excluding carboxylic acids is 1. The van der Waals surface area contributed by atoms with Gasteiger partial charge in [0.15, 0.2) is 0 Å². The number of benzene rings is 1. The van der Waals surface area contributed by atoms with Crippen molar-refractivity contribution in [1.82, 2.24) is 10.2 Å². The van der Waals surface area contributed by atoms with E-state index < -0.39 is 0 Å². The van der Waals surface area contributed by atoms with Crippen LogP contribution in [0.1, 0.15) is 38.3 Å². The molecule has 0 aromatic heterocycles. The number of hydrogen-bond acceptors (Lipinski definition) is 4. The maximum atomic E-state index is 12.1. The average molecular weight is 329 g/mol. The Hall–Kier alpha value is -2.06. The molecule has 5 heteroatoms. The minimum absolute atomic E-state index is 0.0606. The molecule has 0 radical (unpaired) electrons. The van der Waals surface area contributed by atoms with Crippen LogP contribution in [-0.2, 0) is 11.3 Å². The molecule has 1 saturated heterocycles. The van der Waals surface area contributed by atoms with E-state index in [2.05, 4.69) is 18.3 Å². The lowest BCUT2D eigenvalue weighted by atomic mass is 9.92. The third-order valence-corrected chi connectivity index (χ3v) is 4.66. The summed E-state index contributed by atoms with van der Waals surface area (Å²) in [6.07, 6.45) is 0.959. The molecular formula is C19H27N3O2. The van der Waals surface area contributed by atoms with Gasteiger partial charge in [0.1, 0.15) is 11.8 Å². The molecule has 0 aliphatic carbocycles. The molecule has 1 fully saturated rings. The molecule has 5 nitrogen and oxygen atoms in total. The maximum absolute atomic E-state index is 12.1. The predicted molar refractivity (Wildman–Crippen MR) is 93.5 cm³/mol. The third-order valence-electron chi connectivity index (χ3n) is 4.66. The molecule has 1 aromatic rings. The van der Waals surface area contributed by atoms with E-state index in [0.717, 1.165) is 25.1 Å². The molecule has 2 rings (SSSR count). The van der Waals surface area contributed by atoms with Gasteiger partial charge in [0, 0.05) is 31.6 Å². The van der Waals surface area contributed by atoms with Gasteiger partial charge in [-0.3, -0.25) is 4.79 Å². The number of rotatable bonds is 5. The average Bonchev–Trinajstić information content (AvgIpc) is 2.59. The Morgan fingerprint density at radius 3 is 2.83 bits per heavy atom. The normalized spacial score (nSPS) is 20.8. The van der Waals surface area contributed by atoms with Gasteiger partial charge in [-0.15, -0.1) is 0 Å². The molecule has 130 valence electrons. The van der Waals surface area contributed by atoms with Crippen LogP contribution in [0.25, 0.3) is 0 Å². The van der Waals surface area contributed by atoms with Crippen LogP contribution in [0.3, 0.4) is 0 Å².